The maximum absolute atomic E-state index is 11.8. The van der Waals surface area contributed by atoms with Gasteiger partial charge in [-0.25, -0.2) is 4.98 Å². The van der Waals surface area contributed by atoms with E-state index in [-0.39, 0.29) is 17.7 Å². The van der Waals surface area contributed by atoms with Crippen LogP contribution in [0.3, 0.4) is 0 Å². The second kappa shape index (κ2) is 6.39. The van der Waals surface area contributed by atoms with Crippen LogP contribution >= 0.6 is 11.6 Å². The van der Waals surface area contributed by atoms with Crippen molar-refractivity contribution in [2.75, 3.05) is 37.8 Å². The largest absolute Gasteiger partial charge is 0.394 e. The number of hydrogen-bond acceptors (Lipinski definition) is 5. The van der Waals surface area contributed by atoms with E-state index in [1.807, 2.05) is 11.8 Å². The van der Waals surface area contributed by atoms with E-state index in [1.54, 1.807) is 14.1 Å². The molecule has 1 aromatic rings. The molecule has 0 saturated heterocycles. The van der Waals surface area contributed by atoms with Crippen LogP contribution in [0.1, 0.15) is 13.3 Å². The highest BCUT2D eigenvalue weighted by atomic mass is 35.5. The number of likely N-dealkylation sites (N-methyl/N-ethyl adjacent to an activating group) is 1. The first-order valence-electron chi connectivity index (χ1n) is 5.68. The molecule has 0 fully saturated rings. The van der Waals surface area contributed by atoms with Crippen LogP contribution in [0.4, 0.5) is 11.5 Å². The normalized spacial score (nSPS) is 10.2. The van der Waals surface area contributed by atoms with Gasteiger partial charge in [-0.1, -0.05) is 6.92 Å². The third kappa shape index (κ3) is 3.73. The number of halogens is 1. The van der Waals surface area contributed by atoms with Gasteiger partial charge in [0.2, 0.25) is 11.2 Å². The number of carbonyl (C=O) groups is 1. The van der Waals surface area contributed by atoms with Crippen LogP contribution in [0.5, 0.6) is 0 Å². The molecule has 0 aliphatic carbocycles. The van der Waals surface area contributed by atoms with Crippen molar-refractivity contribution in [2.45, 2.75) is 13.3 Å². The zero-order valence-electron chi connectivity index (χ0n) is 10.9. The van der Waals surface area contributed by atoms with Gasteiger partial charge in [0.05, 0.1) is 18.4 Å². The predicted octanol–water partition coefficient (Wildman–Crippen LogP) is 1.02. The molecule has 0 aliphatic rings. The molecule has 0 unspecified atom stereocenters. The SMILES string of the molecule is CCCN(CC(=O)N(C)C)c1nc(Cl)ncc1N. The minimum atomic E-state index is -0.0161. The Morgan fingerprint density at radius 2 is 2.17 bits per heavy atom. The summed E-state index contributed by atoms with van der Waals surface area (Å²) >= 11 is 5.76. The third-order valence-electron chi connectivity index (χ3n) is 2.38. The van der Waals surface area contributed by atoms with Gasteiger partial charge in [-0.3, -0.25) is 4.79 Å². The lowest BCUT2D eigenvalue weighted by molar-refractivity contribution is -0.127. The summed E-state index contributed by atoms with van der Waals surface area (Å²) in [5.74, 6) is 0.490. The van der Waals surface area contributed by atoms with Crippen LogP contribution in [0.25, 0.3) is 0 Å². The van der Waals surface area contributed by atoms with E-state index in [0.717, 1.165) is 6.42 Å². The maximum atomic E-state index is 11.8. The van der Waals surface area contributed by atoms with Gasteiger partial charge in [-0.15, -0.1) is 0 Å². The molecule has 2 N–H and O–H groups in total. The van der Waals surface area contributed by atoms with Crippen molar-refractivity contribution in [3.05, 3.63) is 11.5 Å². The number of rotatable bonds is 5. The summed E-state index contributed by atoms with van der Waals surface area (Å²) in [7, 11) is 3.42. The van der Waals surface area contributed by atoms with Crippen LogP contribution in [0.15, 0.2) is 6.20 Å². The first-order chi connectivity index (χ1) is 8.45. The van der Waals surface area contributed by atoms with Gasteiger partial charge < -0.3 is 15.5 Å². The van der Waals surface area contributed by atoms with Crippen LogP contribution in [-0.4, -0.2) is 48.0 Å². The Bertz CT molecular complexity index is 424. The molecule has 0 bridgehead atoms. The fraction of sp³-hybridized carbons (Fsp3) is 0.545. The van der Waals surface area contributed by atoms with Crippen LogP contribution < -0.4 is 10.6 Å². The van der Waals surface area contributed by atoms with Gasteiger partial charge in [0.1, 0.15) is 0 Å². The molecule has 0 spiro atoms. The number of nitrogens with two attached hydrogens (primary N) is 1. The summed E-state index contributed by atoms with van der Waals surface area (Å²) in [6, 6.07) is 0. The molecule has 100 valence electrons. The number of nitrogens with zero attached hydrogens (tertiary/aromatic N) is 4. The van der Waals surface area contributed by atoms with Gasteiger partial charge in [-0.05, 0) is 18.0 Å². The number of nitrogen functional groups attached to an aromatic ring is 1. The monoisotopic (exact) mass is 271 g/mol. The van der Waals surface area contributed by atoms with E-state index >= 15 is 0 Å². The highest BCUT2D eigenvalue weighted by Crippen LogP contribution is 2.21. The Balaban J connectivity index is 2.96. The van der Waals surface area contributed by atoms with Crippen molar-refractivity contribution in [3.63, 3.8) is 0 Å². The Morgan fingerprint density at radius 1 is 1.50 bits per heavy atom. The molecular formula is C11H18ClN5O. The van der Waals surface area contributed by atoms with E-state index in [4.69, 9.17) is 17.3 Å². The first kappa shape index (κ1) is 14.5. The summed E-state index contributed by atoms with van der Waals surface area (Å²) in [5, 5.41) is 0.123. The highest BCUT2D eigenvalue weighted by molar-refractivity contribution is 6.28. The lowest BCUT2D eigenvalue weighted by Crippen LogP contribution is -2.38. The molecule has 0 aliphatic heterocycles. The summed E-state index contributed by atoms with van der Waals surface area (Å²) in [5.41, 5.74) is 6.24. The van der Waals surface area contributed by atoms with Crippen LogP contribution in [-0.2, 0) is 4.79 Å². The van der Waals surface area contributed by atoms with Gasteiger partial charge in [-0.2, -0.15) is 4.98 Å². The molecular weight excluding hydrogens is 254 g/mol. The van der Waals surface area contributed by atoms with Gasteiger partial charge in [0.15, 0.2) is 5.82 Å². The molecule has 7 heteroatoms. The smallest absolute Gasteiger partial charge is 0.241 e. The summed E-state index contributed by atoms with van der Waals surface area (Å²) in [6.07, 6.45) is 2.33. The lowest BCUT2D eigenvalue weighted by Gasteiger charge is -2.25. The Hall–Kier alpha value is -1.56. The van der Waals surface area contributed by atoms with Gasteiger partial charge in [0.25, 0.3) is 0 Å². The minimum Gasteiger partial charge on any atom is -0.394 e. The standard InChI is InChI=1S/C11H18ClN5O/c1-4-5-17(7-9(18)16(2)3)10-8(13)6-14-11(12)15-10/h6H,4-5,7,13H2,1-3H3. The van der Waals surface area contributed by atoms with Crippen molar-refractivity contribution < 1.29 is 4.79 Å². The van der Waals surface area contributed by atoms with Crippen molar-refractivity contribution in [1.82, 2.24) is 14.9 Å². The van der Waals surface area contributed by atoms with Crippen LogP contribution in [0.2, 0.25) is 5.28 Å². The van der Waals surface area contributed by atoms with Crippen molar-refractivity contribution >= 4 is 29.0 Å². The first-order valence-corrected chi connectivity index (χ1v) is 6.06. The zero-order chi connectivity index (χ0) is 13.7. The summed E-state index contributed by atoms with van der Waals surface area (Å²) < 4.78 is 0. The molecule has 1 heterocycles. The number of anilines is 2. The van der Waals surface area contributed by atoms with Crippen molar-refractivity contribution in [1.29, 1.82) is 0 Å². The topological polar surface area (TPSA) is 75.4 Å². The predicted molar refractivity (Wildman–Crippen MR) is 72.7 cm³/mol. The number of carbonyl (C=O) groups excluding carboxylic acids is 1. The average molecular weight is 272 g/mol. The number of aromatic nitrogens is 2. The molecule has 1 aromatic heterocycles. The quantitative estimate of drug-likeness (QED) is 0.809. The number of amides is 1. The Labute approximate surface area is 112 Å². The zero-order valence-corrected chi connectivity index (χ0v) is 11.6. The fourth-order valence-electron chi connectivity index (χ4n) is 1.45. The molecule has 6 nitrogen and oxygen atoms in total. The molecule has 0 aromatic carbocycles. The van der Waals surface area contributed by atoms with Crippen molar-refractivity contribution in [2.24, 2.45) is 0 Å². The highest BCUT2D eigenvalue weighted by Gasteiger charge is 2.16. The second-order valence-corrected chi connectivity index (χ2v) is 4.47. The average Bonchev–Trinajstić information content (AvgIpc) is 2.31. The van der Waals surface area contributed by atoms with Gasteiger partial charge >= 0.3 is 0 Å². The minimum absolute atomic E-state index is 0.0161. The molecule has 0 atom stereocenters. The Morgan fingerprint density at radius 3 is 2.72 bits per heavy atom. The fourth-order valence-corrected chi connectivity index (χ4v) is 1.58. The van der Waals surface area contributed by atoms with Crippen molar-refractivity contribution in [3.8, 4) is 0 Å². The van der Waals surface area contributed by atoms with Gasteiger partial charge in [0, 0.05) is 20.6 Å². The molecule has 1 rings (SSSR count). The lowest BCUT2D eigenvalue weighted by atomic mass is 10.3. The Kier molecular flexibility index (Phi) is 5.15. The number of hydrogen-bond donors (Lipinski definition) is 1. The van der Waals surface area contributed by atoms with E-state index in [0.29, 0.717) is 18.1 Å². The molecule has 0 radical (unpaired) electrons. The third-order valence-corrected chi connectivity index (χ3v) is 2.57. The van der Waals surface area contributed by atoms with E-state index < -0.39 is 0 Å². The molecule has 0 saturated carbocycles. The summed E-state index contributed by atoms with van der Waals surface area (Å²) in [4.78, 5) is 23.0. The van der Waals surface area contributed by atoms with E-state index in [1.165, 1.54) is 11.1 Å². The van der Waals surface area contributed by atoms with E-state index in [9.17, 15) is 4.79 Å². The summed E-state index contributed by atoms with van der Waals surface area (Å²) in [6.45, 7) is 2.92. The molecule has 1 amide bonds. The molecule has 18 heavy (non-hydrogen) atoms. The second-order valence-electron chi connectivity index (χ2n) is 4.13. The van der Waals surface area contributed by atoms with Crippen LogP contribution in [0, 0.1) is 0 Å². The maximum Gasteiger partial charge on any atom is 0.241 e. The van der Waals surface area contributed by atoms with E-state index in [2.05, 4.69) is 9.97 Å².